The van der Waals surface area contributed by atoms with E-state index in [0.717, 1.165) is 36.1 Å². The van der Waals surface area contributed by atoms with Gasteiger partial charge < -0.3 is 10.6 Å². The molecular weight excluding hydrogens is 236 g/mol. The molecule has 1 aromatic carbocycles. The average molecular weight is 260 g/mol. The van der Waals surface area contributed by atoms with Gasteiger partial charge >= 0.3 is 0 Å². The molecule has 0 unspecified atom stereocenters. The van der Waals surface area contributed by atoms with Gasteiger partial charge in [-0.25, -0.2) is 0 Å². The van der Waals surface area contributed by atoms with Crippen LogP contribution in [0.2, 0.25) is 0 Å². The predicted octanol–water partition coefficient (Wildman–Crippen LogP) is 2.65. The van der Waals surface area contributed by atoms with E-state index in [1.54, 1.807) is 0 Å². The first kappa shape index (κ1) is 14.1. The lowest BCUT2D eigenvalue weighted by Gasteiger charge is -2.38. The van der Waals surface area contributed by atoms with Crippen molar-refractivity contribution in [3.8, 4) is 0 Å². The van der Waals surface area contributed by atoms with Crippen molar-refractivity contribution in [3.05, 3.63) is 34.9 Å². The Morgan fingerprint density at radius 2 is 2.11 bits per heavy atom. The summed E-state index contributed by atoms with van der Waals surface area (Å²) in [7, 11) is 0. The molecule has 1 aliphatic rings. The molecule has 3 nitrogen and oxygen atoms in total. The van der Waals surface area contributed by atoms with Gasteiger partial charge in [-0.1, -0.05) is 17.7 Å². The van der Waals surface area contributed by atoms with Crippen LogP contribution in [0.5, 0.6) is 0 Å². The minimum Gasteiger partial charge on any atom is -0.334 e. The van der Waals surface area contributed by atoms with E-state index in [1.807, 2.05) is 43.9 Å². The number of rotatable bonds is 2. The summed E-state index contributed by atoms with van der Waals surface area (Å²) in [5, 5.41) is 0. The maximum atomic E-state index is 12.8. The van der Waals surface area contributed by atoms with Crippen molar-refractivity contribution in [2.24, 2.45) is 5.73 Å². The summed E-state index contributed by atoms with van der Waals surface area (Å²) in [6.45, 7) is 6.85. The van der Waals surface area contributed by atoms with E-state index in [1.165, 1.54) is 6.42 Å². The van der Waals surface area contributed by atoms with Gasteiger partial charge in [0.15, 0.2) is 0 Å². The van der Waals surface area contributed by atoms with Gasteiger partial charge in [0.05, 0.1) is 0 Å². The second-order valence-corrected chi connectivity index (χ2v) is 5.74. The molecule has 0 aromatic heterocycles. The molecule has 2 atom stereocenters. The zero-order chi connectivity index (χ0) is 14.0. The number of amides is 1. The summed E-state index contributed by atoms with van der Waals surface area (Å²) in [6, 6.07) is 6.28. The van der Waals surface area contributed by atoms with Crippen molar-refractivity contribution in [1.82, 2.24) is 4.90 Å². The molecule has 104 valence electrons. The summed E-state index contributed by atoms with van der Waals surface area (Å²) in [5.74, 6) is 0.142. The van der Waals surface area contributed by atoms with Gasteiger partial charge in [-0.05, 0) is 51.7 Å². The fourth-order valence-corrected chi connectivity index (χ4v) is 2.88. The van der Waals surface area contributed by atoms with Gasteiger partial charge in [0.25, 0.3) is 5.91 Å². The number of piperidine rings is 1. The lowest BCUT2D eigenvalue weighted by Crippen LogP contribution is -2.51. The van der Waals surface area contributed by atoms with E-state index in [0.29, 0.717) is 0 Å². The molecule has 1 heterocycles. The van der Waals surface area contributed by atoms with Crippen LogP contribution in [-0.4, -0.2) is 29.4 Å². The van der Waals surface area contributed by atoms with Gasteiger partial charge in [-0.15, -0.1) is 0 Å². The zero-order valence-electron chi connectivity index (χ0n) is 12.1. The Balaban J connectivity index is 2.28. The molecular formula is C16H24N2O. The number of hydrogen-bond donors (Lipinski definition) is 1. The minimum atomic E-state index is 0.0364. The number of carbonyl (C=O) groups excluding carboxylic acids is 1. The third kappa shape index (κ3) is 2.98. The number of nitrogens with two attached hydrogens (primary N) is 1. The van der Waals surface area contributed by atoms with E-state index in [-0.39, 0.29) is 18.0 Å². The molecule has 19 heavy (non-hydrogen) atoms. The topological polar surface area (TPSA) is 46.3 Å². The van der Waals surface area contributed by atoms with Crippen molar-refractivity contribution in [2.45, 2.75) is 52.1 Å². The van der Waals surface area contributed by atoms with Crippen LogP contribution in [-0.2, 0) is 0 Å². The first-order valence-electron chi connectivity index (χ1n) is 7.14. The highest BCUT2D eigenvalue weighted by molar-refractivity contribution is 5.96. The predicted molar refractivity (Wildman–Crippen MR) is 78.2 cm³/mol. The van der Waals surface area contributed by atoms with Crippen LogP contribution in [0.4, 0.5) is 0 Å². The summed E-state index contributed by atoms with van der Waals surface area (Å²) < 4.78 is 0. The van der Waals surface area contributed by atoms with Gasteiger partial charge in [0.1, 0.15) is 0 Å². The van der Waals surface area contributed by atoms with Gasteiger partial charge in [0, 0.05) is 24.2 Å². The monoisotopic (exact) mass is 260 g/mol. The van der Waals surface area contributed by atoms with E-state index < -0.39 is 0 Å². The Morgan fingerprint density at radius 3 is 2.79 bits per heavy atom. The number of aryl methyl sites for hydroxylation is 2. The molecule has 1 aliphatic heterocycles. The molecule has 0 saturated carbocycles. The first-order valence-corrected chi connectivity index (χ1v) is 7.14. The van der Waals surface area contributed by atoms with Gasteiger partial charge in [-0.2, -0.15) is 0 Å². The third-order valence-corrected chi connectivity index (χ3v) is 4.04. The molecule has 2 N–H and O–H groups in total. The Bertz CT molecular complexity index is 468. The number of nitrogens with zero attached hydrogens (tertiary/aromatic N) is 1. The molecule has 3 heteroatoms. The molecule has 0 aliphatic carbocycles. The summed E-state index contributed by atoms with van der Waals surface area (Å²) >= 11 is 0. The standard InChI is InChI=1S/C16H24N2O/c1-11-7-8-12(2)14(10-11)16(19)18-9-5-4-6-15(18)13(3)17/h7-8,10,13,15H,4-6,9,17H2,1-3H3/t13-,15-/m1/s1. The maximum absolute atomic E-state index is 12.8. The quantitative estimate of drug-likeness (QED) is 0.888. The highest BCUT2D eigenvalue weighted by Gasteiger charge is 2.30. The molecule has 1 fully saturated rings. The Morgan fingerprint density at radius 1 is 1.37 bits per heavy atom. The van der Waals surface area contributed by atoms with Crippen molar-refractivity contribution < 1.29 is 4.79 Å². The second kappa shape index (κ2) is 5.74. The molecule has 0 radical (unpaired) electrons. The lowest BCUT2D eigenvalue weighted by atomic mass is 9.95. The number of hydrogen-bond acceptors (Lipinski definition) is 2. The van der Waals surface area contributed by atoms with Crippen molar-refractivity contribution in [2.75, 3.05) is 6.54 Å². The van der Waals surface area contributed by atoms with Crippen molar-refractivity contribution in [3.63, 3.8) is 0 Å². The molecule has 1 amide bonds. The largest absolute Gasteiger partial charge is 0.334 e. The number of likely N-dealkylation sites (tertiary alicyclic amines) is 1. The summed E-state index contributed by atoms with van der Waals surface area (Å²) in [5.41, 5.74) is 9.05. The molecule has 1 saturated heterocycles. The van der Waals surface area contributed by atoms with Crippen LogP contribution >= 0.6 is 0 Å². The highest BCUT2D eigenvalue weighted by atomic mass is 16.2. The SMILES string of the molecule is Cc1ccc(C)c(C(=O)N2CCCC[C@@H]2[C@@H](C)N)c1. The zero-order valence-corrected chi connectivity index (χ0v) is 12.1. The Labute approximate surface area is 115 Å². The summed E-state index contributed by atoms with van der Waals surface area (Å²) in [6.07, 6.45) is 3.27. The first-order chi connectivity index (χ1) is 9.00. The van der Waals surface area contributed by atoms with E-state index in [9.17, 15) is 4.79 Å². The highest BCUT2D eigenvalue weighted by Crippen LogP contribution is 2.23. The van der Waals surface area contributed by atoms with E-state index in [2.05, 4.69) is 0 Å². The third-order valence-electron chi connectivity index (χ3n) is 4.04. The normalized spacial score (nSPS) is 21.3. The van der Waals surface area contributed by atoms with Crippen LogP contribution < -0.4 is 5.73 Å². The second-order valence-electron chi connectivity index (χ2n) is 5.74. The average Bonchev–Trinajstić information content (AvgIpc) is 2.40. The summed E-state index contributed by atoms with van der Waals surface area (Å²) in [4.78, 5) is 14.7. The molecule has 1 aromatic rings. The van der Waals surface area contributed by atoms with E-state index >= 15 is 0 Å². The Hall–Kier alpha value is -1.35. The van der Waals surface area contributed by atoms with Crippen LogP contribution in [0.1, 0.15) is 47.7 Å². The van der Waals surface area contributed by atoms with Crippen LogP contribution in [0.15, 0.2) is 18.2 Å². The van der Waals surface area contributed by atoms with Crippen LogP contribution in [0, 0.1) is 13.8 Å². The Kier molecular flexibility index (Phi) is 4.25. The lowest BCUT2D eigenvalue weighted by molar-refractivity contribution is 0.0583. The fourth-order valence-electron chi connectivity index (χ4n) is 2.88. The van der Waals surface area contributed by atoms with Gasteiger partial charge in [-0.3, -0.25) is 4.79 Å². The van der Waals surface area contributed by atoms with Crippen molar-refractivity contribution in [1.29, 1.82) is 0 Å². The number of benzene rings is 1. The van der Waals surface area contributed by atoms with Crippen LogP contribution in [0.3, 0.4) is 0 Å². The number of carbonyl (C=O) groups is 1. The van der Waals surface area contributed by atoms with Gasteiger partial charge in [0.2, 0.25) is 0 Å². The van der Waals surface area contributed by atoms with Crippen molar-refractivity contribution >= 4 is 5.91 Å². The minimum absolute atomic E-state index is 0.0364. The van der Waals surface area contributed by atoms with E-state index in [4.69, 9.17) is 5.73 Å². The molecule has 2 rings (SSSR count). The molecule has 0 spiro atoms. The smallest absolute Gasteiger partial charge is 0.254 e. The maximum Gasteiger partial charge on any atom is 0.254 e. The fraction of sp³-hybridized carbons (Fsp3) is 0.562. The van der Waals surface area contributed by atoms with Crippen LogP contribution in [0.25, 0.3) is 0 Å². The molecule has 0 bridgehead atoms.